The Balaban J connectivity index is 1.05. The van der Waals surface area contributed by atoms with Crippen molar-refractivity contribution >= 4 is 22.7 Å². The zero-order valence-corrected chi connectivity index (χ0v) is 37.9. The van der Waals surface area contributed by atoms with Crippen LogP contribution in [-0.2, 0) is 5.41 Å². The van der Waals surface area contributed by atoms with E-state index in [4.69, 9.17) is 9.47 Å². The van der Waals surface area contributed by atoms with E-state index in [1.807, 2.05) is 22.7 Å². The molecule has 4 aromatic carbocycles. The third kappa shape index (κ3) is 10.4. The van der Waals surface area contributed by atoms with Gasteiger partial charge in [0.2, 0.25) is 0 Å². The molecule has 310 valence electrons. The molecule has 0 radical (unpaired) electrons. The third-order valence-electron chi connectivity index (χ3n) is 12.3. The minimum Gasteiger partial charge on any atom is -0.494 e. The van der Waals surface area contributed by atoms with Gasteiger partial charge in [-0.15, -0.1) is 22.7 Å². The lowest BCUT2D eigenvalue weighted by Gasteiger charge is -2.32. The van der Waals surface area contributed by atoms with Crippen LogP contribution in [0.2, 0.25) is 0 Å². The van der Waals surface area contributed by atoms with Gasteiger partial charge in [-0.25, -0.2) is 0 Å². The quantitative estimate of drug-likeness (QED) is 0.0566. The van der Waals surface area contributed by atoms with Crippen LogP contribution >= 0.6 is 22.7 Å². The Labute approximate surface area is 364 Å². The fourth-order valence-electron chi connectivity index (χ4n) is 9.19. The minimum absolute atomic E-state index is 0.0110. The molecule has 1 aliphatic rings. The van der Waals surface area contributed by atoms with Crippen molar-refractivity contribution < 1.29 is 9.47 Å². The smallest absolute Gasteiger partial charge is 0.119 e. The van der Waals surface area contributed by atoms with Crippen LogP contribution in [0.1, 0.15) is 142 Å². The van der Waals surface area contributed by atoms with Crippen molar-refractivity contribution in [3.63, 3.8) is 0 Å². The molecule has 0 amide bonds. The summed E-state index contributed by atoms with van der Waals surface area (Å²) in [4.78, 5) is 5.25. The summed E-state index contributed by atoms with van der Waals surface area (Å²) < 4.78 is 12.2. The monoisotopic (exact) mass is 822 g/mol. The molecule has 0 unspecified atom stereocenters. The fraction of sp³-hybridized carbons (Fsp3) is 0.418. The molecule has 0 N–H and O–H groups in total. The molecule has 6 aromatic rings. The van der Waals surface area contributed by atoms with Crippen LogP contribution in [0.5, 0.6) is 11.5 Å². The summed E-state index contributed by atoms with van der Waals surface area (Å²) >= 11 is 3.79. The summed E-state index contributed by atoms with van der Waals surface area (Å²) in [5, 5.41) is 0. The van der Waals surface area contributed by atoms with Crippen molar-refractivity contribution in [2.75, 3.05) is 13.2 Å². The standard InChI is InChI=1S/C55H66O2S2/c1-5-9-11-13-15-17-37-56-45-25-19-41(20-26-45)51-31-33-53(58-51)43-23-29-47-48-30-24-44(40-50(48)55(35-7-3,36-8-4)49(47)39-43)54-34-32-52(59-54)42-21-27-46(28-22-42)57-38-18-16-14-12-10-6-2/h19-34,39-40H,5-18,35-38H2,1-4H3. The molecule has 0 fully saturated rings. The van der Waals surface area contributed by atoms with E-state index < -0.39 is 0 Å². The molecule has 0 saturated carbocycles. The number of fused-ring (bicyclic) bond motifs is 3. The summed E-state index contributed by atoms with van der Waals surface area (Å²) in [6.07, 6.45) is 20.0. The molecule has 4 heteroatoms. The first-order valence-electron chi connectivity index (χ1n) is 23.0. The molecule has 0 atom stereocenters. The Kier molecular flexibility index (Phi) is 15.6. The number of hydrogen-bond acceptors (Lipinski definition) is 4. The van der Waals surface area contributed by atoms with Crippen LogP contribution in [0.25, 0.3) is 52.9 Å². The van der Waals surface area contributed by atoms with Crippen molar-refractivity contribution in [3.05, 3.63) is 120 Å². The van der Waals surface area contributed by atoms with Crippen LogP contribution in [0.3, 0.4) is 0 Å². The van der Waals surface area contributed by atoms with Gasteiger partial charge in [0.15, 0.2) is 0 Å². The molecule has 2 nitrogen and oxygen atoms in total. The molecule has 0 saturated heterocycles. The van der Waals surface area contributed by atoms with E-state index in [0.29, 0.717) is 0 Å². The number of unbranched alkanes of at least 4 members (excludes halogenated alkanes) is 10. The summed E-state index contributed by atoms with van der Waals surface area (Å²) in [6, 6.07) is 41.3. The van der Waals surface area contributed by atoms with Gasteiger partial charge in [0.25, 0.3) is 0 Å². The number of hydrogen-bond donors (Lipinski definition) is 0. The van der Waals surface area contributed by atoms with Crippen LogP contribution in [0.4, 0.5) is 0 Å². The second-order valence-electron chi connectivity index (χ2n) is 16.7. The summed E-state index contributed by atoms with van der Waals surface area (Å²) in [7, 11) is 0. The molecular formula is C55H66O2S2. The van der Waals surface area contributed by atoms with Gasteiger partial charge >= 0.3 is 0 Å². The van der Waals surface area contributed by atoms with Gasteiger partial charge in [-0.1, -0.05) is 129 Å². The first kappa shape index (κ1) is 43.0. The third-order valence-corrected chi connectivity index (χ3v) is 14.7. The molecule has 0 spiro atoms. The van der Waals surface area contributed by atoms with Crippen molar-refractivity contribution in [2.45, 2.75) is 136 Å². The van der Waals surface area contributed by atoms with E-state index in [2.05, 4.69) is 137 Å². The normalized spacial score (nSPS) is 12.7. The van der Waals surface area contributed by atoms with E-state index in [9.17, 15) is 0 Å². The Morgan fingerprint density at radius 1 is 0.373 bits per heavy atom. The molecular weight excluding hydrogens is 757 g/mol. The molecule has 2 aromatic heterocycles. The maximum atomic E-state index is 6.08. The van der Waals surface area contributed by atoms with Gasteiger partial charge in [-0.3, -0.25) is 0 Å². The van der Waals surface area contributed by atoms with Gasteiger partial charge in [-0.2, -0.15) is 0 Å². The van der Waals surface area contributed by atoms with Crippen LogP contribution in [-0.4, -0.2) is 13.2 Å². The molecule has 0 bridgehead atoms. The highest BCUT2D eigenvalue weighted by molar-refractivity contribution is 7.19. The lowest BCUT2D eigenvalue weighted by molar-refractivity contribution is 0.304. The van der Waals surface area contributed by atoms with Crippen molar-refractivity contribution in [1.82, 2.24) is 0 Å². The van der Waals surface area contributed by atoms with E-state index in [1.54, 1.807) is 0 Å². The molecule has 2 heterocycles. The average Bonchev–Trinajstić information content (AvgIpc) is 4.02. The second kappa shape index (κ2) is 21.4. The van der Waals surface area contributed by atoms with Crippen LogP contribution < -0.4 is 9.47 Å². The van der Waals surface area contributed by atoms with Crippen molar-refractivity contribution in [1.29, 1.82) is 0 Å². The number of thiophene rings is 2. The Morgan fingerprint density at radius 3 is 1.12 bits per heavy atom. The first-order valence-corrected chi connectivity index (χ1v) is 24.7. The predicted molar refractivity (Wildman–Crippen MR) is 258 cm³/mol. The number of rotatable bonds is 24. The van der Waals surface area contributed by atoms with Gasteiger partial charge in [0.05, 0.1) is 13.2 Å². The largest absolute Gasteiger partial charge is 0.494 e. The van der Waals surface area contributed by atoms with Crippen LogP contribution in [0, 0.1) is 0 Å². The topological polar surface area (TPSA) is 18.5 Å². The van der Waals surface area contributed by atoms with Crippen molar-refractivity contribution in [2.24, 2.45) is 0 Å². The predicted octanol–water partition coefficient (Wildman–Crippen LogP) is 17.8. The summed E-state index contributed by atoms with van der Waals surface area (Å²) in [5.41, 5.74) is 11.0. The zero-order chi connectivity index (χ0) is 40.9. The molecule has 0 aliphatic heterocycles. The van der Waals surface area contributed by atoms with Crippen LogP contribution in [0.15, 0.2) is 109 Å². The maximum absolute atomic E-state index is 6.08. The number of benzene rings is 4. The highest BCUT2D eigenvalue weighted by Gasteiger charge is 2.42. The summed E-state index contributed by atoms with van der Waals surface area (Å²) in [6.45, 7) is 10.9. The van der Waals surface area contributed by atoms with Gasteiger partial charge in [-0.05, 0) is 155 Å². The highest BCUT2D eigenvalue weighted by Crippen LogP contribution is 2.56. The van der Waals surface area contributed by atoms with Crippen molar-refractivity contribution in [3.8, 4) is 64.4 Å². The molecule has 7 rings (SSSR count). The van der Waals surface area contributed by atoms with E-state index >= 15 is 0 Å². The molecule has 1 aliphatic carbocycles. The average molecular weight is 823 g/mol. The van der Waals surface area contributed by atoms with E-state index in [1.165, 1.54) is 128 Å². The Morgan fingerprint density at radius 2 is 0.729 bits per heavy atom. The lowest BCUT2D eigenvalue weighted by Crippen LogP contribution is -2.25. The number of ether oxygens (including phenoxy) is 2. The SMILES string of the molecule is CCCCCCCCOc1ccc(-c2ccc(-c3ccc4c(c3)C(CCC)(CCC)c3cc(-c5ccc(-c6ccc(OCCCCCCCC)cc6)s5)ccc3-4)s2)cc1. The zero-order valence-electron chi connectivity index (χ0n) is 36.3. The minimum atomic E-state index is 0.0110. The Bertz CT molecular complexity index is 2030. The maximum Gasteiger partial charge on any atom is 0.119 e. The first-order chi connectivity index (χ1) is 29.1. The fourth-order valence-corrected chi connectivity index (χ4v) is 11.2. The van der Waals surface area contributed by atoms with Gasteiger partial charge in [0.1, 0.15) is 11.5 Å². The van der Waals surface area contributed by atoms with E-state index in [-0.39, 0.29) is 5.41 Å². The summed E-state index contributed by atoms with van der Waals surface area (Å²) in [5.74, 6) is 1.94. The lowest BCUT2D eigenvalue weighted by atomic mass is 9.71. The molecule has 59 heavy (non-hydrogen) atoms. The highest BCUT2D eigenvalue weighted by atomic mass is 32.1. The Hall–Kier alpha value is -4.12. The second-order valence-corrected chi connectivity index (χ2v) is 18.9. The van der Waals surface area contributed by atoms with Gasteiger partial charge < -0.3 is 9.47 Å². The van der Waals surface area contributed by atoms with E-state index in [0.717, 1.165) is 63.2 Å². The van der Waals surface area contributed by atoms with Gasteiger partial charge in [0, 0.05) is 24.9 Å².